The van der Waals surface area contributed by atoms with E-state index in [4.69, 9.17) is 5.73 Å². The summed E-state index contributed by atoms with van der Waals surface area (Å²) in [4.78, 5) is 16.0. The summed E-state index contributed by atoms with van der Waals surface area (Å²) in [5.41, 5.74) is 7.64. The quantitative estimate of drug-likeness (QED) is 0.911. The summed E-state index contributed by atoms with van der Waals surface area (Å²) in [5, 5.41) is 3.42. The first-order chi connectivity index (χ1) is 8.06. The van der Waals surface area contributed by atoms with Crippen molar-refractivity contribution in [3.05, 3.63) is 23.8 Å². The van der Waals surface area contributed by atoms with Gasteiger partial charge in [-0.15, -0.1) is 12.4 Å². The molecule has 1 atom stereocenters. The van der Waals surface area contributed by atoms with Crippen LogP contribution in [-0.4, -0.2) is 16.9 Å². The first kappa shape index (κ1) is 14.9. The average molecular weight is 286 g/mol. The largest absolute Gasteiger partial charge is 0.327 e. The van der Waals surface area contributed by atoms with E-state index in [1.165, 1.54) is 11.3 Å². The lowest BCUT2D eigenvalue weighted by molar-refractivity contribution is -0.116. The van der Waals surface area contributed by atoms with Crippen molar-refractivity contribution in [2.24, 2.45) is 5.73 Å². The number of aryl methyl sites for hydroxylation is 1. The number of thiazole rings is 1. The molecule has 1 aromatic heterocycles. The number of nitrogens with zero attached hydrogens (tertiary/aromatic N) is 1. The van der Waals surface area contributed by atoms with Crippen LogP contribution in [-0.2, 0) is 4.79 Å². The van der Waals surface area contributed by atoms with Gasteiger partial charge in [-0.1, -0.05) is 23.5 Å². The number of hydrogen-bond donors (Lipinski definition) is 2. The molecule has 1 heterocycles. The lowest BCUT2D eigenvalue weighted by atomic mass is 10.2. The van der Waals surface area contributed by atoms with E-state index in [0.717, 1.165) is 15.8 Å². The molecular weight excluding hydrogens is 270 g/mol. The highest BCUT2D eigenvalue weighted by molar-refractivity contribution is 7.22. The van der Waals surface area contributed by atoms with Gasteiger partial charge in [0, 0.05) is 12.5 Å². The fraction of sp³-hybridized carbons (Fsp3) is 0.333. The zero-order chi connectivity index (χ0) is 12.4. The van der Waals surface area contributed by atoms with Crippen LogP contribution in [0.25, 0.3) is 10.2 Å². The Morgan fingerprint density at radius 2 is 2.28 bits per heavy atom. The maximum Gasteiger partial charge on any atom is 0.227 e. The molecule has 0 spiro atoms. The molecule has 0 saturated heterocycles. The minimum Gasteiger partial charge on any atom is -0.327 e. The number of rotatable bonds is 3. The van der Waals surface area contributed by atoms with Gasteiger partial charge in [0.2, 0.25) is 5.91 Å². The van der Waals surface area contributed by atoms with Crippen molar-refractivity contribution < 1.29 is 4.79 Å². The van der Waals surface area contributed by atoms with Gasteiger partial charge >= 0.3 is 0 Å². The number of hydrogen-bond acceptors (Lipinski definition) is 4. The predicted octanol–water partition coefficient (Wildman–Crippen LogP) is 2.70. The van der Waals surface area contributed by atoms with Crippen LogP contribution >= 0.6 is 23.7 Å². The Balaban J connectivity index is 0.00000162. The number of amides is 1. The number of nitrogens with one attached hydrogen (secondary N) is 1. The van der Waals surface area contributed by atoms with E-state index in [9.17, 15) is 4.79 Å². The third kappa shape index (κ3) is 3.41. The molecule has 1 aromatic carbocycles. The minimum absolute atomic E-state index is 0. The molecule has 0 aliphatic rings. The molecular formula is C12H16ClN3OS. The molecule has 1 amide bonds. The number of anilines is 1. The van der Waals surface area contributed by atoms with Gasteiger partial charge in [-0.05, 0) is 25.5 Å². The molecule has 4 nitrogen and oxygen atoms in total. The predicted molar refractivity (Wildman–Crippen MR) is 78.5 cm³/mol. The first-order valence-electron chi connectivity index (χ1n) is 5.48. The SMILES string of the molecule is Cc1cccc2sc(NC(=O)CC(C)N)nc12.Cl. The Hall–Kier alpha value is -1.17. The maximum atomic E-state index is 11.6. The van der Waals surface area contributed by atoms with Crippen LogP contribution in [0.2, 0.25) is 0 Å². The van der Waals surface area contributed by atoms with Crippen LogP contribution in [0.5, 0.6) is 0 Å². The monoisotopic (exact) mass is 285 g/mol. The molecule has 0 bridgehead atoms. The molecule has 6 heteroatoms. The number of carbonyl (C=O) groups is 1. The van der Waals surface area contributed by atoms with Crippen LogP contribution in [0.1, 0.15) is 18.9 Å². The molecule has 2 rings (SSSR count). The van der Waals surface area contributed by atoms with Gasteiger partial charge in [0.25, 0.3) is 0 Å². The van der Waals surface area contributed by atoms with Crippen molar-refractivity contribution in [2.45, 2.75) is 26.3 Å². The normalized spacial score (nSPS) is 11.9. The Morgan fingerprint density at radius 1 is 1.56 bits per heavy atom. The number of halogens is 1. The second-order valence-corrected chi connectivity index (χ2v) is 5.20. The second kappa shape index (κ2) is 6.13. The standard InChI is InChI=1S/C12H15N3OS.ClH/c1-7-4-3-5-9-11(7)15-12(17-9)14-10(16)6-8(2)13;/h3-5,8H,6,13H2,1-2H3,(H,14,15,16);1H. The zero-order valence-electron chi connectivity index (χ0n) is 10.3. The molecule has 0 aliphatic heterocycles. The summed E-state index contributed by atoms with van der Waals surface area (Å²) in [6.07, 6.45) is 0.314. The molecule has 0 fully saturated rings. The average Bonchev–Trinajstić information content (AvgIpc) is 2.60. The van der Waals surface area contributed by atoms with Crippen molar-refractivity contribution in [2.75, 3.05) is 5.32 Å². The van der Waals surface area contributed by atoms with Crippen molar-refractivity contribution in [3.63, 3.8) is 0 Å². The highest BCUT2D eigenvalue weighted by atomic mass is 35.5. The lowest BCUT2D eigenvalue weighted by Gasteiger charge is -2.03. The highest BCUT2D eigenvalue weighted by Crippen LogP contribution is 2.27. The Morgan fingerprint density at radius 3 is 2.89 bits per heavy atom. The van der Waals surface area contributed by atoms with Crippen molar-refractivity contribution in [3.8, 4) is 0 Å². The molecule has 0 aliphatic carbocycles. The van der Waals surface area contributed by atoms with Gasteiger partial charge in [-0.25, -0.2) is 4.98 Å². The van der Waals surface area contributed by atoms with Crippen molar-refractivity contribution in [1.82, 2.24) is 4.98 Å². The minimum atomic E-state index is -0.133. The van der Waals surface area contributed by atoms with Crippen LogP contribution < -0.4 is 11.1 Å². The molecule has 3 N–H and O–H groups in total. The highest BCUT2D eigenvalue weighted by Gasteiger charge is 2.10. The van der Waals surface area contributed by atoms with Crippen molar-refractivity contribution >= 4 is 45.0 Å². The van der Waals surface area contributed by atoms with Crippen LogP contribution in [0.15, 0.2) is 18.2 Å². The van der Waals surface area contributed by atoms with E-state index in [1.54, 1.807) is 0 Å². The van der Waals surface area contributed by atoms with Gasteiger partial charge < -0.3 is 11.1 Å². The molecule has 0 saturated carbocycles. The summed E-state index contributed by atoms with van der Waals surface area (Å²) in [6, 6.07) is 5.87. The number of carbonyl (C=O) groups excluding carboxylic acids is 1. The topological polar surface area (TPSA) is 68.0 Å². The smallest absolute Gasteiger partial charge is 0.227 e. The fourth-order valence-corrected chi connectivity index (χ4v) is 2.56. The molecule has 0 radical (unpaired) electrons. The van der Waals surface area contributed by atoms with Gasteiger partial charge in [-0.3, -0.25) is 4.79 Å². The summed E-state index contributed by atoms with van der Waals surface area (Å²) in [7, 11) is 0. The summed E-state index contributed by atoms with van der Waals surface area (Å²) >= 11 is 1.48. The van der Waals surface area contributed by atoms with E-state index in [2.05, 4.69) is 10.3 Å². The number of fused-ring (bicyclic) bond motifs is 1. The second-order valence-electron chi connectivity index (χ2n) is 4.17. The molecule has 1 unspecified atom stereocenters. The summed E-state index contributed by atoms with van der Waals surface area (Å²) in [6.45, 7) is 3.82. The Bertz CT molecular complexity index is 553. The summed E-state index contributed by atoms with van der Waals surface area (Å²) in [5.74, 6) is -0.0864. The van der Waals surface area contributed by atoms with E-state index in [0.29, 0.717) is 11.6 Å². The van der Waals surface area contributed by atoms with E-state index < -0.39 is 0 Å². The zero-order valence-corrected chi connectivity index (χ0v) is 11.9. The van der Waals surface area contributed by atoms with Crippen LogP contribution in [0, 0.1) is 6.92 Å². The molecule has 98 valence electrons. The number of nitrogens with two attached hydrogens (primary N) is 1. The lowest BCUT2D eigenvalue weighted by Crippen LogP contribution is -2.23. The fourth-order valence-electron chi connectivity index (χ4n) is 1.60. The van der Waals surface area contributed by atoms with Gasteiger partial charge in [-0.2, -0.15) is 0 Å². The van der Waals surface area contributed by atoms with Gasteiger partial charge in [0.05, 0.1) is 10.2 Å². The Labute approximate surface area is 116 Å². The third-order valence-electron chi connectivity index (χ3n) is 2.37. The van der Waals surface area contributed by atoms with E-state index >= 15 is 0 Å². The summed E-state index contributed by atoms with van der Waals surface area (Å²) < 4.78 is 1.08. The van der Waals surface area contributed by atoms with Gasteiger partial charge in [0.15, 0.2) is 5.13 Å². The first-order valence-corrected chi connectivity index (χ1v) is 6.29. The number of benzene rings is 1. The van der Waals surface area contributed by atoms with Crippen LogP contribution in [0.3, 0.4) is 0 Å². The number of para-hydroxylation sites is 1. The molecule has 2 aromatic rings. The molecule has 18 heavy (non-hydrogen) atoms. The Kier molecular flexibility index (Phi) is 5.07. The van der Waals surface area contributed by atoms with E-state index in [1.807, 2.05) is 32.0 Å². The number of aromatic nitrogens is 1. The van der Waals surface area contributed by atoms with Crippen molar-refractivity contribution in [1.29, 1.82) is 0 Å². The van der Waals surface area contributed by atoms with E-state index in [-0.39, 0.29) is 24.4 Å². The maximum absolute atomic E-state index is 11.6. The third-order valence-corrected chi connectivity index (χ3v) is 3.31. The van der Waals surface area contributed by atoms with Gasteiger partial charge in [0.1, 0.15) is 0 Å². The van der Waals surface area contributed by atoms with Crippen LogP contribution in [0.4, 0.5) is 5.13 Å².